The molecule has 0 radical (unpaired) electrons. The molecule has 0 aromatic heterocycles. The van der Waals surface area contributed by atoms with Gasteiger partial charge in [-0.25, -0.2) is 8.42 Å². The van der Waals surface area contributed by atoms with Crippen LogP contribution in [0.3, 0.4) is 0 Å². The van der Waals surface area contributed by atoms with Gasteiger partial charge in [0.25, 0.3) is 0 Å². The maximum atomic E-state index is 13.2. The van der Waals surface area contributed by atoms with Crippen molar-refractivity contribution in [1.82, 2.24) is 4.31 Å². The number of benzene rings is 1. The lowest BCUT2D eigenvalue weighted by Gasteiger charge is -2.26. The van der Waals surface area contributed by atoms with Gasteiger partial charge in [0.2, 0.25) is 15.9 Å². The molecule has 2 rings (SSSR count). The Labute approximate surface area is 152 Å². The van der Waals surface area contributed by atoms with Gasteiger partial charge in [0.15, 0.2) is 0 Å². The van der Waals surface area contributed by atoms with Crippen LogP contribution in [0.4, 0.5) is 5.69 Å². The number of hydrogen-bond donors (Lipinski definition) is 0. The van der Waals surface area contributed by atoms with Crippen LogP contribution in [0.15, 0.2) is 23.1 Å². The summed E-state index contributed by atoms with van der Waals surface area (Å²) in [6.07, 6.45) is 0. The van der Waals surface area contributed by atoms with Gasteiger partial charge in [-0.1, -0.05) is 27.7 Å². The second kappa shape index (κ2) is 6.72. The van der Waals surface area contributed by atoms with E-state index in [1.807, 2.05) is 41.5 Å². The van der Waals surface area contributed by atoms with Crippen molar-refractivity contribution < 1.29 is 13.2 Å². The van der Waals surface area contributed by atoms with E-state index in [4.69, 9.17) is 0 Å². The molecule has 1 aromatic carbocycles. The summed E-state index contributed by atoms with van der Waals surface area (Å²) in [6.45, 7) is 12.7. The third-order valence-electron chi connectivity index (χ3n) is 4.62. The van der Waals surface area contributed by atoms with Crippen molar-refractivity contribution in [2.24, 2.45) is 11.8 Å². The number of carbonyl (C=O) groups is 1. The highest BCUT2D eigenvalue weighted by Crippen LogP contribution is 2.42. The van der Waals surface area contributed by atoms with Crippen molar-refractivity contribution in [3.63, 3.8) is 0 Å². The van der Waals surface area contributed by atoms with Gasteiger partial charge in [0.05, 0.1) is 10.3 Å². The molecule has 1 aromatic rings. The fraction of sp³-hybridized carbons (Fsp3) is 0.632. The molecule has 0 unspecified atom stereocenters. The van der Waals surface area contributed by atoms with Crippen LogP contribution >= 0.6 is 0 Å². The molecule has 5 nitrogen and oxygen atoms in total. The van der Waals surface area contributed by atoms with E-state index >= 15 is 0 Å². The van der Waals surface area contributed by atoms with Crippen molar-refractivity contribution in [1.29, 1.82) is 0 Å². The predicted molar refractivity (Wildman–Crippen MR) is 101 cm³/mol. The first-order chi connectivity index (χ1) is 11.4. The number of likely N-dealkylation sites (N-methyl/N-ethyl adjacent to an activating group) is 1. The van der Waals surface area contributed by atoms with Gasteiger partial charge in [-0.05, 0) is 49.4 Å². The number of fused-ring (bicyclic) bond motifs is 1. The Balaban J connectivity index is 2.51. The average molecular weight is 367 g/mol. The molecule has 1 heterocycles. The van der Waals surface area contributed by atoms with E-state index in [0.29, 0.717) is 13.1 Å². The number of anilines is 1. The van der Waals surface area contributed by atoms with Crippen LogP contribution in [0, 0.1) is 11.8 Å². The Morgan fingerprint density at radius 3 is 2.08 bits per heavy atom. The van der Waals surface area contributed by atoms with Gasteiger partial charge in [0, 0.05) is 25.8 Å². The lowest BCUT2D eigenvalue weighted by atomic mass is 9.86. The summed E-state index contributed by atoms with van der Waals surface area (Å²) >= 11 is 0. The minimum Gasteiger partial charge on any atom is -0.314 e. The quantitative estimate of drug-likeness (QED) is 0.776. The van der Waals surface area contributed by atoms with Crippen LogP contribution in [0.2, 0.25) is 0 Å². The Morgan fingerprint density at radius 2 is 1.60 bits per heavy atom. The first-order valence-electron chi connectivity index (χ1n) is 8.81. The Hall–Kier alpha value is -1.40. The van der Waals surface area contributed by atoms with Crippen LogP contribution < -0.4 is 4.90 Å². The third-order valence-corrected chi connectivity index (χ3v) is 6.44. The summed E-state index contributed by atoms with van der Waals surface area (Å²) in [7, 11) is -1.86. The highest BCUT2D eigenvalue weighted by molar-refractivity contribution is 7.89. The zero-order valence-corrected chi connectivity index (χ0v) is 17.1. The standard InChI is InChI=1S/C19H30N2O3S/c1-13(2)11-21(12-14(3)4)25(23,24)15-8-9-17-16(10-15)19(5,6)18(22)20(17)7/h8-10,13-14H,11-12H2,1-7H3. The molecule has 0 spiro atoms. The largest absolute Gasteiger partial charge is 0.314 e. The Morgan fingerprint density at radius 1 is 1.08 bits per heavy atom. The maximum Gasteiger partial charge on any atom is 0.243 e. The first-order valence-corrected chi connectivity index (χ1v) is 10.3. The zero-order chi connectivity index (χ0) is 19.2. The molecule has 0 fully saturated rings. The summed E-state index contributed by atoms with van der Waals surface area (Å²) in [5.74, 6) is 0.470. The summed E-state index contributed by atoms with van der Waals surface area (Å²) in [6, 6.07) is 5.05. The molecule has 6 heteroatoms. The molecule has 1 aliphatic rings. The SMILES string of the molecule is CC(C)CN(CC(C)C)S(=O)(=O)c1ccc2c(c1)C(C)(C)C(=O)N2C. The van der Waals surface area contributed by atoms with Gasteiger partial charge in [-0.2, -0.15) is 4.31 Å². The third kappa shape index (κ3) is 3.60. The molecule has 0 aliphatic carbocycles. The van der Waals surface area contributed by atoms with Crippen LogP contribution in [0.5, 0.6) is 0 Å². The summed E-state index contributed by atoms with van der Waals surface area (Å²) in [5.41, 5.74) is 0.847. The summed E-state index contributed by atoms with van der Waals surface area (Å²) in [5, 5.41) is 0. The van der Waals surface area contributed by atoms with Crippen LogP contribution in [0.1, 0.15) is 47.1 Å². The maximum absolute atomic E-state index is 13.2. The topological polar surface area (TPSA) is 57.7 Å². The van der Waals surface area contributed by atoms with Crippen molar-refractivity contribution >= 4 is 21.6 Å². The molecular weight excluding hydrogens is 336 g/mol. The summed E-state index contributed by atoms with van der Waals surface area (Å²) < 4.78 is 28.0. The van der Waals surface area contributed by atoms with E-state index in [9.17, 15) is 13.2 Å². The predicted octanol–water partition coefficient (Wildman–Crippen LogP) is 3.24. The molecule has 0 bridgehead atoms. The molecule has 1 amide bonds. The van der Waals surface area contributed by atoms with Gasteiger partial charge in [-0.3, -0.25) is 4.79 Å². The number of nitrogens with zero attached hydrogens (tertiary/aromatic N) is 2. The first kappa shape index (κ1) is 19.9. The molecular formula is C19H30N2O3S. The minimum atomic E-state index is -3.59. The summed E-state index contributed by atoms with van der Waals surface area (Å²) in [4.78, 5) is 14.3. The molecule has 25 heavy (non-hydrogen) atoms. The molecule has 0 saturated heterocycles. The van der Waals surface area contributed by atoms with E-state index in [1.54, 1.807) is 34.5 Å². The minimum absolute atomic E-state index is 0.0155. The van der Waals surface area contributed by atoms with E-state index in [-0.39, 0.29) is 22.6 Å². The molecule has 0 N–H and O–H groups in total. The van der Waals surface area contributed by atoms with Crippen molar-refractivity contribution in [2.75, 3.05) is 25.0 Å². The average Bonchev–Trinajstić information content (AvgIpc) is 2.66. The van der Waals surface area contributed by atoms with Gasteiger partial charge >= 0.3 is 0 Å². The van der Waals surface area contributed by atoms with Gasteiger partial charge in [0.1, 0.15) is 0 Å². The van der Waals surface area contributed by atoms with Gasteiger partial charge in [-0.15, -0.1) is 0 Å². The van der Waals surface area contributed by atoms with E-state index in [1.165, 1.54) is 0 Å². The Bertz CT molecular complexity index is 757. The van der Waals surface area contributed by atoms with Crippen molar-refractivity contribution in [3.8, 4) is 0 Å². The van der Waals surface area contributed by atoms with Crippen molar-refractivity contribution in [2.45, 2.75) is 51.9 Å². The second-order valence-electron chi connectivity index (χ2n) is 8.28. The zero-order valence-electron chi connectivity index (χ0n) is 16.3. The van der Waals surface area contributed by atoms with Crippen LogP contribution in [-0.4, -0.2) is 38.8 Å². The fourth-order valence-electron chi connectivity index (χ4n) is 3.35. The Kier molecular flexibility index (Phi) is 5.36. The lowest BCUT2D eigenvalue weighted by molar-refractivity contribution is -0.121. The number of rotatable bonds is 6. The molecule has 0 atom stereocenters. The monoisotopic (exact) mass is 366 g/mol. The van der Waals surface area contributed by atoms with Crippen molar-refractivity contribution in [3.05, 3.63) is 23.8 Å². The second-order valence-corrected chi connectivity index (χ2v) is 10.2. The smallest absolute Gasteiger partial charge is 0.243 e. The number of hydrogen-bond acceptors (Lipinski definition) is 3. The van der Waals surface area contributed by atoms with Crippen LogP contribution in [0.25, 0.3) is 0 Å². The molecule has 0 saturated carbocycles. The fourth-order valence-corrected chi connectivity index (χ4v) is 5.14. The number of sulfonamides is 1. The molecule has 1 aliphatic heterocycles. The van der Waals surface area contributed by atoms with E-state index < -0.39 is 15.4 Å². The van der Waals surface area contributed by atoms with E-state index in [2.05, 4.69) is 0 Å². The lowest BCUT2D eigenvalue weighted by Crippen LogP contribution is -2.37. The number of carbonyl (C=O) groups excluding carboxylic acids is 1. The highest BCUT2D eigenvalue weighted by atomic mass is 32.2. The number of amides is 1. The highest BCUT2D eigenvalue weighted by Gasteiger charge is 2.43. The van der Waals surface area contributed by atoms with E-state index in [0.717, 1.165) is 11.3 Å². The molecule has 140 valence electrons. The normalized spacial score (nSPS) is 17.0. The van der Waals surface area contributed by atoms with Crippen LogP contribution in [-0.2, 0) is 20.2 Å². The van der Waals surface area contributed by atoms with Gasteiger partial charge < -0.3 is 4.90 Å².